The van der Waals surface area contributed by atoms with Gasteiger partial charge in [-0.05, 0) is 97.5 Å². The van der Waals surface area contributed by atoms with Crippen LogP contribution in [-0.4, -0.2) is 14.7 Å². The van der Waals surface area contributed by atoms with Crippen molar-refractivity contribution in [3.63, 3.8) is 0 Å². The van der Waals surface area contributed by atoms with E-state index in [0.29, 0.717) is 15.2 Å². The number of aromatic nitrogens is 2. The van der Waals surface area contributed by atoms with E-state index in [0.717, 1.165) is 39.8 Å². The number of nitrogens with one attached hydrogen (secondary N) is 1. The SMILES string of the molecule is Cc1ccccc1Oc1ccc(N2C(=S)N[C@H](c3ccccn3)[C@@H]2c2cccn2-c2ccc(Cl)cc2Cl)cc1. The average molecular weight is 572 g/mol. The van der Waals surface area contributed by atoms with Crippen molar-refractivity contribution in [1.82, 2.24) is 14.9 Å². The minimum Gasteiger partial charge on any atom is -0.457 e. The summed E-state index contributed by atoms with van der Waals surface area (Å²) in [5.41, 5.74) is 4.74. The lowest BCUT2D eigenvalue weighted by molar-refractivity contribution is 0.479. The van der Waals surface area contributed by atoms with Crippen LogP contribution >= 0.6 is 35.4 Å². The molecule has 0 saturated carbocycles. The van der Waals surface area contributed by atoms with Gasteiger partial charge in [0.2, 0.25) is 0 Å². The Hall–Kier alpha value is -3.84. The standard InChI is InChI=1S/C31H24Cl2N4OS/c1-20-7-2-3-10-28(20)38-23-14-12-22(13-15-23)37-30(29(35-31(37)39)25-8-4-5-17-34-25)27-9-6-18-36(27)26-16-11-21(32)19-24(26)33/h2-19,29-30H,1H3,(H,35,39)/t29-,30+/m1/s1. The fourth-order valence-corrected chi connectivity index (χ4v) is 5.78. The third-order valence-corrected chi connectivity index (χ3v) is 7.64. The van der Waals surface area contributed by atoms with Crippen molar-refractivity contribution in [2.45, 2.75) is 19.0 Å². The lowest BCUT2D eigenvalue weighted by Crippen LogP contribution is -2.30. The molecule has 2 aromatic heterocycles. The first-order valence-electron chi connectivity index (χ1n) is 12.5. The van der Waals surface area contributed by atoms with E-state index >= 15 is 0 Å². The molecular formula is C31H24Cl2N4OS. The number of benzene rings is 3. The second kappa shape index (κ2) is 10.7. The van der Waals surface area contributed by atoms with Crippen molar-refractivity contribution in [2.75, 3.05) is 4.90 Å². The van der Waals surface area contributed by atoms with Gasteiger partial charge in [-0.1, -0.05) is 47.5 Å². The Morgan fingerprint density at radius 1 is 0.897 bits per heavy atom. The van der Waals surface area contributed by atoms with E-state index in [-0.39, 0.29) is 12.1 Å². The number of anilines is 1. The van der Waals surface area contributed by atoms with Gasteiger partial charge in [0.05, 0.1) is 22.4 Å². The summed E-state index contributed by atoms with van der Waals surface area (Å²) in [6, 6.07) is 31.0. The molecule has 0 spiro atoms. The van der Waals surface area contributed by atoms with Crippen LogP contribution in [0.15, 0.2) is 109 Å². The Morgan fingerprint density at radius 3 is 2.44 bits per heavy atom. The van der Waals surface area contributed by atoms with E-state index in [9.17, 15) is 0 Å². The molecule has 0 bridgehead atoms. The molecule has 5 nitrogen and oxygen atoms in total. The lowest BCUT2D eigenvalue weighted by atomic mass is 10.0. The number of aryl methyl sites for hydroxylation is 1. The van der Waals surface area contributed by atoms with E-state index in [1.54, 1.807) is 12.3 Å². The first kappa shape index (κ1) is 25.4. The normalized spacial score (nSPS) is 16.8. The van der Waals surface area contributed by atoms with Crippen LogP contribution < -0.4 is 15.0 Å². The molecule has 0 aliphatic carbocycles. The largest absolute Gasteiger partial charge is 0.457 e. The zero-order chi connectivity index (χ0) is 26.9. The first-order chi connectivity index (χ1) is 19.0. The number of ether oxygens (including phenoxy) is 1. The maximum Gasteiger partial charge on any atom is 0.174 e. The number of hydrogen-bond donors (Lipinski definition) is 1. The van der Waals surface area contributed by atoms with Gasteiger partial charge >= 0.3 is 0 Å². The van der Waals surface area contributed by atoms with Crippen molar-refractivity contribution < 1.29 is 4.74 Å². The van der Waals surface area contributed by atoms with Crippen LogP contribution in [0.4, 0.5) is 5.69 Å². The molecule has 0 amide bonds. The molecule has 39 heavy (non-hydrogen) atoms. The fourth-order valence-electron chi connectivity index (χ4n) is 4.94. The van der Waals surface area contributed by atoms with Crippen LogP contribution in [-0.2, 0) is 0 Å². The monoisotopic (exact) mass is 570 g/mol. The van der Waals surface area contributed by atoms with Crippen LogP contribution in [0.1, 0.15) is 29.0 Å². The van der Waals surface area contributed by atoms with Crippen molar-refractivity contribution >= 4 is 46.2 Å². The molecule has 8 heteroatoms. The Kier molecular flexibility index (Phi) is 7.00. The average Bonchev–Trinajstić information content (AvgIpc) is 3.55. The van der Waals surface area contributed by atoms with E-state index in [1.165, 1.54) is 0 Å². The number of halogens is 2. The van der Waals surface area contributed by atoms with Crippen molar-refractivity contribution in [2.24, 2.45) is 0 Å². The minimum atomic E-state index is -0.211. The van der Waals surface area contributed by atoms with Gasteiger partial charge in [0.25, 0.3) is 0 Å². The number of rotatable bonds is 6. The van der Waals surface area contributed by atoms with Gasteiger partial charge in [-0.3, -0.25) is 4.98 Å². The second-order valence-electron chi connectivity index (χ2n) is 9.26. The second-order valence-corrected chi connectivity index (χ2v) is 10.5. The zero-order valence-corrected chi connectivity index (χ0v) is 23.3. The highest BCUT2D eigenvalue weighted by Crippen LogP contribution is 2.43. The van der Waals surface area contributed by atoms with Crippen molar-refractivity contribution in [1.29, 1.82) is 0 Å². The van der Waals surface area contributed by atoms with Gasteiger partial charge in [0, 0.05) is 28.8 Å². The summed E-state index contributed by atoms with van der Waals surface area (Å²) in [4.78, 5) is 6.79. The van der Waals surface area contributed by atoms with Crippen molar-refractivity contribution in [3.05, 3.63) is 136 Å². The van der Waals surface area contributed by atoms with Gasteiger partial charge in [-0.15, -0.1) is 0 Å². The van der Waals surface area contributed by atoms with E-state index in [2.05, 4.69) is 25.8 Å². The highest BCUT2D eigenvalue weighted by Gasteiger charge is 2.42. The molecule has 1 fully saturated rings. The van der Waals surface area contributed by atoms with Crippen molar-refractivity contribution in [3.8, 4) is 17.2 Å². The summed E-state index contributed by atoms with van der Waals surface area (Å²) in [6.45, 7) is 2.03. The molecule has 6 rings (SSSR count). The molecule has 0 unspecified atom stereocenters. The summed E-state index contributed by atoms with van der Waals surface area (Å²) in [6.07, 6.45) is 3.80. The van der Waals surface area contributed by atoms with Crippen LogP contribution in [0.2, 0.25) is 10.0 Å². The summed E-state index contributed by atoms with van der Waals surface area (Å²) in [7, 11) is 0. The Morgan fingerprint density at radius 2 is 1.69 bits per heavy atom. The molecule has 1 N–H and O–H groups in total. The number of nitrogens with zero attached hydrogens (tertiary/aromatic N) is 3. The Bertz CT molecular complexity index is 1640. The summed E-state index contributed by atoms with van der Waals surface area (Å²) in [5, 5.41) is 5.27. The van der Waals surface area contributed by atoms with Crippen LogP contribution in [0.25, 0.3) is 5.69 Å². The molecular weight excluding hydrogens is 547 g/mol. The smallest absolute Gasteiger partial charge is 0.174 e. The van der Waals surface area contributed by atoms with E-state index in [4.69, 9.17) is 40.2 Å². The molecule has 194 valence electrons. The topological polar surface area (TPSA) is 42.3 Å². The highest BCUT2D eigenvalue weighted by molar-refractivity contribution is 7.80. The first-order valence-corrected chi connectivity index (χ1v) is 13.6. The number of hydrogen-bond acceptors (Lipinski definition) is 3. The lowest BCUT2D eigenvalue weighted by Gasteiger charge is -2.29. The van der Waals surface area contributed by atoms with Crippen LogP contribution in [0.3, 0.4) is 0 Å². The number of thiocarbonyl (C=S) groups is 1. The zero-order valence-electron chi connectivity index (χ0n) is 21.0. The summed E-state index contributed by atoms with van der Waals surface area (Å²) in [5.74, 6) is 1.58. The molecule has 2 atom stereocenters. The predicted octanol–water partition coefficient (Wildman–Crippen LogP) is 8.46. The summed E-state index contributed by atoms with van der Waals surface area (Å²) < 4.78 is 8.22. The highest BCUT2D eigenvalue weighted by atomic mass is 35.5. The molecule has 5 aromatic rings. The van der Waals surface area contributed by atoms with E-state index < -0.39 is 0 Å². The number of para-hydroxylation sites is 1. The van der Waals surface area contributed by atoms with E-state index in [1.807, 2.05) is 98.0 Å². The van der Waals surface area contributed by atoms with Crippen LogP contribution in [0.5, 0.6) is 11.5 Å². The van der Waals surface area contributed by atoms with Gasteiger partial charge in [0.1, 0.15) is 17.5 Å². The molecule has 0 radical (unpaired) electrons. The molecule has 3 heterocycles. The maximum absolute atomic E-state index is 6.64. The van der Waals surface area contributed by atoms with Gasteiger partial charge in [-0.2, -0.15) is 0 Å². The molecule has 1 aliphatic rings. The quantitative estimate of drug-likeness (QED) is 0.207. The molecule has 1 aliphatic heterocycles. The van der Waals surface area contributed by atoms with Crippen LogP contribution in [0, 0.1) is 6.92 Å². The molecule has 3 aromatic carbocycles. The predicted molar refractivity (Wildman–Crippen MR) is 161 cm³/mol. The fraction of sp³-hybridized carbons (Fsp3) is 0.0968. The number of pyridine rings is 1. The van der Waals surface area contributed by atoms with Gasteiger partial charge in [0.15, 0.2) is 5.11 Å². The Labute approximate surface area is 242 Å². The van der Waals surface area contributed by atoms with Gasteiger partial charge < -0.3 is 19.5 Å². The maximum atomic E-state index is 6.64. The third-order valence-electron chi connectivity index (χ3n) is 6.79. The minimum absolute atomic E-state index is 0.193. The third kappa shape index (κ3) is 4.99. The molecule has 1 saturated heterocycles. The van der Waals surface area contributed by atoms with Gasteiger partial charge in [-0.25, -0.2) is 0 Å². The summed E-state index contributed by atoms with van der Waals surface area (Å²) >= 11 is 18.8. The Balaban J connectivity index is 1.41.